The highest BCUT2D eigenvalue weighted by Crippen LogP contribution is 2.21. The predicted octanol–water partition coefficient (Wildman–Crippen LogP) is 4.35. The average molecular weight is 327 g/mol. The van der Waals surface area contributed by atoms with E-state index in [1.165, 1.54) is 24.3 Å². The molecule has 2 aromatic rings. The highest BCUT2D eigenvalue weighted by atomic mass is 19.1. The molecule has 3 rings (SSSR count). The summed E-state index contributed by atoms with van der Waals surface area (Å²) in [7, 11) is 0. The third-order valence-corrected chi connectivity index (χ3v) is 3.90. The molecule has 0 bridgehead atoms. The van der Waals surface area contributed by atoms with E-state index >= 15 is 0 Å². The molecule has 0 radical (unpaired) electrons. The van der Waals surface area contributed by atoms with E-state index in [0.29, 0.717) is 13.2 Å². The van der Waals surface area contributed by atoms with Crippen molar-refractivity contribution in [2.75, 3.05) is 26.3 Å². The lowest BCUT2D eigenvalue weighted by atomic mass is 10.1. The highest BCUT2D eigenvalue weighted by molar-refractivity contribution is 5.67. The summed E-state index contributed by atoms with van der Waals surface area (Å²) in [4.78, 5) is 2.23. The van der Waals surface area contributed by atoms with Crippen LogP contribution in [0.1, 0.15) is 11.1 Å². The predicted molar refractivity (Wildman–Crippen MR) is 92.2 cm³/mol. The van der Waals surface area contributed by atoms with Gasteiger partial charge >= 0.3 is 0 Å². The van der Waals surface area contributed by atoms with Crippen LogP contribution < -0.4 is 0 Å². The molecule has 0 N–H and O–H groups in total. The summed E-state index contributed by atoms with van der Waals surface area (Å²) in [5, 5.41) is 0. The minimum absolute atomic E-state index is 0.247. The second kappa shape index (κ2) is 7.88. The van der Waals surface area contributed by atoms with Crippen LogP contribution in [-0.4, -0.2) is 31.2 Å². The van der Waals surface area contributed by atoms with Crippen molar-refractivity contribution < 1.29 is 13.5 Å². The van der Waals surface area contributed by atoms with Crippen molar-refractivity contribution in [1.82, 2.24) is 4.90 Å². The first kappa shape index (κ1) is 16.4. The molecule has 0 unspecified atom stereocenters. The maximum Gasteiger partial charge on any atom is 0.123 e. The summed E-state index contributed by atoms with van der Waals surface area (Å²) in [6.07, 6.45) is 5.85. The van der Waals surface area contributed by atoms with Gasteiger partial charge in [-0.25, -0.2) is 8.78 Å². The Kier molecular flexibility index (Phi) is 5.39. The third kappa shape index (κ3) is 4.30. The van der Waals surface area contributed by atoms with Crippen molar-refractivity contribution in [1.29, 1.82) is 0 Å². The Morgan fingerprint density at radius 3 is 2.08 bits per heavy atom. The molecule has 4 heteroatoms. The third-order valence-electron chi connectivity index (χ3n) is 3.90. The molecule has 0 aliphatic carbocycles. The van der Waals surface area contributed by atoms with Gasteiger partial charge in [0.25, 0.3) is 0 Å². The van der Waals surface area contributed by atoms with Gasteiger partial charge in [0.05, 0.1) is 13.2 Å². The fourth-order valence-corrected chi connectivity index (χ4v) is 2.63. The summed E-state index contributed by atoms with van der Waals surface area (Å²) in [5.74, 6) is -0.495. The lowest BCUT2D eigenvalue weighted by Crippen LogP contribution is -2.34. The molecule has 0 atom stereocenters. The SMILES string of the molecule is Fc1ccc(/C=C/C=C(\c2ccc(F)cc2)N2CCOCC2)cc1. The van der Waals surface area contributed by atoms with Crippen LogP contribution in [0.15, 0.2) is 60.7 Å². The monoisotopic (exact) mass is 327 g/mol. The molecule has 0 saturated carbocycles. The molecule has 1 aliphatic rings. The van der Waals surface area contributed by atoms with E-state index in [-0.39, 0.29) is 11.6 Å². The first-order chi connectivity index (χ1) is 11.7. The van der Waals surface area contributed by atoms with E-state index in [2.05, 4.69) is 4.90 Å². The maximum absolute atomic E-state index is 13.2. The Morgan fingerprint density at radius 1 is 0.875 bits per heavy atom. The molecule has 124 valence electrons. The van der Waals surface area contributed by atoms with Gasteiger partial charge in [-0.05, 0) is 53.6 Å². The minimum Gasteiger partial charge on any atom is -0.378 e. The van der Waals surface area contributed by atoms with E-state index in [4.69, 9.17) is 4.74 Å². The number of benzene rings is 2. The van der Waals surface area contributed by atoms with Crippen LogP contribution in [0.4, 0.5) is 8.78 Å². The fraction of sp³-hybridized carbons (Fsp3) is 0.200. The van der Waals surface area contributed by atoms with Crippen LogP contribution in [0.25, 0.3) is 11.8 Å². The Labute approximate surface area is 140 Å². The molecular weight excluding hydrogens is 308 g/mol. The Hall–Kier alpha value is -2.46. The number of allylic oxidation sites excluding steroid dienone is 2. The maximum atomic E-state index is 13.2. The Bertz CT molecular complexity index is 714. The molecule has 1 saturated heterocycles. The number of halogens is 2. The van der Waals surface area contributed by atoms with E-state index in [1.807, 2.05) is 18.2 Å². The van der Waals surface area contributed by atoms with E-state index in [9.17, 15) is 8.78 Å². The van der Waals surface area contributed by atoms with E-state index in [1.54, 1.807) is 24.3 Å². The van der Waals surface area contributed by atoms with Gasteiger partial charge in [-0.3, -0.25) is 0 Å². The summed E-state index contributed by atoms with van der Waals surface area (Å²) in [6.45, 7) is 2.96. The highest BCUT2D eigenvalue weighted by Gasteiger charge is 2.14. The smallest absolute Gasteiger partial charge is 0.123 e. The first-order valence-corrected chi connectivity index (χ1v) is 7.95. The Balaban J connectivity index is 1.85. The number of ether oxygens (including phenoxy) is 1. The van der Waals surface area contributed by atoms with Gasteiger partial charge in [-0.2, -0.15) is 0 Å². The van der Waals surface area contributed by atoms with Crippen LogP contribution in [0.2, 0.25) is 0 Å². The lowest BCUT2D eigenvalue weighted by molar-refractivity contribution is 0.0639. The quantitative estimate of drug-likeness (QED) is 0.774. The van der Waals surface area contributed by atoms with Crippen molar-refractivity contribution in [2.45, 2.75) is 0 Å². The second-order valence-electron chi connectivity index (χ2n) is 5.57. The zero-order valence-corrected chi connectivity index (χ0v) is 13.3. The number of morpholine rings is 1. The van der Waals surface area contributed by atoms with Crippen LogP contribution in [0.3, 0.4) is 0 Å². The van der Waals surface area contributed by atoms with Gasteiger partial charge < -0.3 is 9.64 Å². The van der Waals surface area contributed by atoms with Crippen molar-refractivity contribution in [3.8, 4) is 0 Å². The summed E-state index contributed by atoms with van der Waals surface area (Å²) < 4.78 is 31.6. The first-order valence-electron chi connectivity index (χ1n) is 7.95. The molecule has 0 aromatic heterocycles. The zero-order chi connectivity index (χ0) is 16.8. The number of rotatable bonds is 4. The summed E-state index contributed by atoms with van der Waals surface area (Å²) >= 11 is 0. The van der Waals surface area contributed by atoms with Crippen LogP contribution in [0.5, 0.6) is 0 Å². The van der Waals surface area contributed by atoms with Crippen LogP contribution >= 0.6 is 0 Å². The molecule has 0 amide bonds. The van der Waals surface area contributed by atoms with Crippen LogP contribution in [-0.2, 0) is 4.74 Å². The van der Waals surface area contributed by atoms with Crippen molar-refractivity contribution in [2.24, 2.45) is 0 Å². The van der Waals surface area contributed by atoms with Crippen molar-refractivity contribution in [3.63, 3.8) is 0 Å². The zero-order valence-electron chi connectivity index (χ0n) is 13.3. The molecule has 2 aromatic carbocycles. The topological polar surface area (TPSA) is 12.5 Å². The molecule has 1 fully saturated rings. The molecule has 1 heterocycles. The van der Waals surface area contributed by atoms with Gasteiger partial charge in [-0.1, -0.05) is 24.3 Å². The van der Waals surface area contributed by atoms with Gasteiger partial charge in [0.1, 0.15) is 11.6 Å². The molecule has 1 aliphatic heterocycles. The van der Waals surface area contributed by atoms with Crippen molar-refractivity contribution >= 4 is 11.8 Å². The van der Waals surface area contributed by atoms with Gasteiger partial charge in [0.2, 0.25) is 0 Å². The molecular formula is C20H19F2NO. The summed E-state index contributed by atoms with van der Waals surface area (Å²) in [6, 6.07) is 12.8. The average Bonchev–Trinajstić information content (AvgIpc) is 2.62. The van der Waals surface area contributed by atoms with E-state index < -0.39 is 0 Å². The molecule has 24 heavy (non-hydrogen) atoms. The molecule has 2 nitrogen and oxygen atoms in total. The number of nitrogens with zero attached hydrogens (tertiary/aromatic N) is 1. The minimum atomic E-state index is -0.248. The van der Waals surface area contributed by atoms with Crippen molar-refractivity contribution in [3.05, 3.63) is 83.4 Å². The van der Waals surface area contributed by atoms with Gasteiger partial charge in [0, 0.05) is 18.8 Å². The van der Waals surface area contributed by atoms with Gasteiger partial charge in [0.15, 0.2) is 0 Å². The summed E-state index contributed by atoms with van der Waals surface area (Å²) in [5.41, 5.74) is 2.91. The standard InChI is InChI=1S/C20H19F2NO/c21-18-8-4-16(5-9-18)2-1-3-20(23-12-14-24-15-13-23)17-6-10-19(22)11-7-17/h1-11H,12-15H2/b2-1+,20-3+. The fourth-order valence-electron chi connectivity index (χ4n) is 2.63. The van der Waals surface area contributed by atoms with E-state index in [0.717, 1.165) is 29.9 Å². The van der Waals surface area contributed by atoms with Gasteiger partial charge in [-0.15, -0.1) is 0 Å². The Morgan fingerprint density at radius 2 is 1.46 bits per heavy atom. The normalized spacial score (nSPS) is 15.9. The van der Waals surface area contributed by atoms with Crippen LogP contribution in [0, 0.1) is 11.6 Å². The number of hydrogen-bond acceptors (Lipinski definition) is 2. The second-order valence-corrected chi connectivity index (χ2v) is 5.57. The molecule has 0 spiro atoms. The number of hydrogen-bond donors (Lipinski definition) is 0. The lowest BCUT2D eigenvalue weighted by Gasteiger charge is -2.31. The largest absolute Gasteiger partial charge is 0.378 e.